The van der Waals surface area contributed by atoms with E-state index < -0.39 is 17.3 Å². The van der Waals surface area contributed by atoms with Crippen molar-refractivity contribution in [1.82, 2.24) is 19.6 Å². The number of Topliss-reactive ketones (excluding diaryl/α,β-unsaturated/α-hetero) is 1. The number of hydrogen-bond acceptors (Lipinski definition) is 5. The first kappa shape index (κ1) is 22.1. The van der Waals surface area contributed by atoms with E-state index in [1.165, 1.54) is 35.9 Å². The summed E-state index contributed by atoms with van der Waals surface area (Å²) >= 11 is 0. The van der Waals surface area contributed by atoms with Crippen molar-refractivity contribution < 1.29 is 14.0 Å². The number of carbonyl (C=O) groups is 2. The first-order valence-corrected chi connectivity index (χ1v) is 10.4. The van der Waals surface area contributed by atoms with E-state index >= 15 is 0 Å². The molecule has 0 spiro atoms. The molecule has 2 aromatic heterocycles. The lowest BCUT2D eigenvalue weighted by atomic mass is 10.1. The van der Waals surface area contributed by atoms with Gasteiger partial charge in [0.05, 0.1) is 17.6 Å². The molecule has 0 bridgehead atoms. The minimum absolute atomic E-state index is 0.0348. The van der Waals surface area contributed by atoms with Gasteiger partial charge >= 0.3 is 0 Å². The Hall–Kier alpha value is -4.14. The van der Waals surface area contributed by atoms with E-state index in [1.54, 1.807) is 30.5 Å². The zero-order chi connectivity index (χ0) is 23.7. The van der Waals surface area contributed by atoms with Crippen LogP contribution in [0, 0.1) is 5.82 Å². The molecule has 0 aliphatic heterocycles. The summed E-state index contributed by atoms with van der Waals surface area (Å²) < 4.78 is 15.9. The summed E-state index contributed by atoms with van der Waals surface area (Å²) in [5.41, 5.74) is 1.95. The van der Waals surface area contributed by atoms with Crippen LogP contribution in [0.4, 0.5) is 10.1 Å². The predicted molar refractivity (Wildman–Crippen MR) is 122 cm³/mol. The maximum absolute atomic E-state index is 13.4. The van der Waals surface area contributed by atoms with Crippen LogP contribution in [0.3, 0.4) is 0 Å². The first-order chi connectivity index (χ1) is 15.7. The molecule has 9 heteroatoms. The van der Waals surface area contributed by atoms with E-state index in [9.17, 15) is 18.8 Å². The molecule has 2 heterocycles. The second kappa shape index (κ2) is 8.78. The van der Waals surface area contributed by atoms with Crippen molar-refractivity contribution in [2.45, 2.75) is 33.2 Å². The Morgan fingerprint density at radius 3 is 2.33 bits per heavy atom. The van der Waals surface area contributed by atoms with Gasteiger partial charge in [-0.2, -0.15) is 10.2 Å². The Balaban J connectivity index is 1.71. The van der Waals surface area contributed by atoms with Crippen molar-refractivity contribution in [1.29, 1.82) is 0 Å². The zero-order valence-corrected chi connectivity index (χ0v) is 18.4. The third-order valence-electron chi connectivity index (χ3n) is 5.20. The molecule has 8 nitrogen and oxygen atoms in total. The van der Waals surface area contributed by atoms with E-state index in [2.05, 4.69) is 15.5 Å². The molecule has 168 valence electrons. The summed E-state index contributed by atoms with van der Waals surface area (Å²) in [6.07, 6.45) is 1.56. The Morgan fingerprint density at radius 2 is 1.73 bits per heavy atom. The van der Waals surface area contributed by atoms with Gasteiger partial charge in [-0.15, -0.1) is 0 Å². The number of nitrogens with zero attached hydrogens (tertiary/aromatic N) is 4. The van der Waals surface area contributed by atoms with E-state index in [1.807, 2.05) is 13.8 Å². The van der Waals surface area contributed by atoms with Gasteiger partial charge < -0.3 is 5.32 Å². The van der Waals surface area contributed by atoms with Gasteiger partial charge in [0.25, 0.3) is 5.56 Å². The fourth-order valence-electron chi connectivity index (χ4n) is 3.53. The number of fused-ring (bicyclic) bond motifs is 1. The number of hydrogen-bond donors (Lipinski definition) is 1. The highest BCUT2D eigenvalue weighted by atomic mass is 19.1. The smallest absolute Gasteiger partial charge is 0.293 e. The van der Waals surface area contributed by atoms with Gasteiger partial charge in [0.15, 0.2) is 5.78 Å². The van der Waals surface area contributed by atoms with Crippen molar-refractivity contribution in [3.05, 3.63) is 82.2 Å². The minimum atomic E-state index is -0.488. The summed E-state index contributed by atoms with van der Waals surface area (Å²) in [5.74, 6) is -0.949. The van der Waals surface area contributed by atoms with E-state index in [0.717, 1.165) is 4.68 Å². The number of aromatic nitrogens is 4. The SMILES string of the molecule is CC(=O)c1ccc(NC(=O)Cn2nc(C(C)C)c3cnn(-c4ccc(F)cc4)c3c2=O)cc1. The number of ketones is 1. The van der Waals surface area contributed by atoms with Gasteiger partial charge in [0.2, 0.25) is 5.91 Å². The molecule has 0 saturated heterocycles. The summed E-state index contributed by atoms with van der Waals surface area (Å²) in [7, 11) is 0. The van der Waals surface area contributed by atoms with Crippen LogP contribution in [0.1, 0.15) is 42.7 Å². The fourth-order valence-corrected chi connectivity index (χ4v) is 3.53. The van der Waals surface area contributed by atoms with Gasteiger partial charge in [0.1, 0.15) is 17.9 Å². The second-order valence-electron chi connectivity index (χ2n) is 7.98. The summed E-state index contributed by atoms with van der Waals surface area (Å²) in [4.78, 5) is 37.4. The molecule has 1 amide bonds. The average molecular weight is 447 g/mol. The molecular formula is C24H22FN5O3. The van der Waals surface area contributed by atoms with E-state index in [-0.39, 0.29) is 23.8 Å². The highest BCUT2D eigenvalue weighted by molar-refractivity contribution is 5.95. The standard InChI is InChI=1S/C24H22FN5O3/c1-14(2)22-20-12-26-30(19-10-6-17(25)7-11-19)23(20)24(33)29(28-22)13-21(32)27-18-8-4-16(5-9-18)15(3)31/h4-12,14H,13H2,1-3H3,(H,27,32). The van der Waals surface area contributed by atoms with Crippen molar-refractivity contribution >= 4 is 28.3 Å². The monoisotopic (exact) mass is 447 g/mol. The van der Waals surface area contributed by atoms with Crippen LogP contribution in [0.15, 0.2) is 59.5 Å². The highest BCUT2D eigenvalue weighted by Gasteiger charge is 2.20. The Labute approximate surface area is 188 Å². The molecule has 0 aliphatic rings. The topological polar surface area (TPSA) is 98.9 Å². The lowest BCUT2D eigenvalue weighted by molar-refractivity contribution is -0.117. The van der Waals surface area contributed by atoms with Crippen molar-refractivity contribution in [3.8, 4) is 5.69 Å². The number of carbonyl (C=O) groups excluding carboxylic acids is 2. The lowest BCUT2D eigenvalue weighted by Gasteiger charge is -2.12. The molecule has 33 heavy (non-hydrogen) atoms. The van der Waals surface area contributed by atoms with Crippen LogP contribution >= 0.6 is 0 Å². The highest BCUT2D eigenvalue weighted by Crippen LogP contribution is 2.23. The maximum atomic E-state index is 13.4. The molecule has 0 unspecified atom stereocenters. The van der Waals surface area contributed by atoms with Gasteiger partial charge in [0, 0.05) is 16.6 Å². The third-order valence-corrected chi connectivity index (χ3v) is 5.20. The first-order valence-electron chi connectivity index (χ1n) is 10.4. The van der Waals surface area contributed by atoms with Crippen LogP contribution < -0.4 is 10.9 Å². The largest absolute Gasteiger partial charge is 0.324 e. The van der Waals surface area contributed by atoms with Crippen molar-refractivity contribution in [3.63, 3.8) is 0 Å². The quantitative estimate of drug-likeness (QED) is 0.455. The number of nitrogens with one attached hydrogen (secondary N) is 1. The van der Waals surface area contributed by atoms with Gasteiger partial charge in [-0.25, -0.2) is 13.8 Å². The Morgan fingerprint density at radius 1 is 1.06 bits per heavy atom. The van der Waals surface area contributed by atoms with Crippen LogP contribution in [0.2, 0.25) is 0 Å². The Bertz CT molecular complexity index is 1400. The average Bonchev–Trinajstić information content (AvgIpc) is 3.22. The molecular weight excluding hydrogens is 425 g/mol. The lowest BCUT2D eigenvalue weighted by Crippen LogP contribution is -2.31. The molecule has 2 aromatic carbocycles. The normalized spacial score (nSPS) is 11.2. The number of rotatable bonds is 6. The van der Waals surface area contributed by atoms with Crippen molar-refractivity contribution in [2.24, 2.45) is 0 Å². The van der Waals surface area contributed by atoms with Crippen molar-refractivity contribution in [2.75, 3.05) is 5.32 Å². The van der Waals surface area contributed by atoms with Gasteiger partial charge in [-0.05, 0) is 61.4 Å². The number of halogens is 1. The molecule has 0 saturated carbocycles. The van der Waals surface area contributed by atoms with Crippen LogP contribution in [0.25, 0.3) is 16.6 Å². The summed E-state index contributed by atoms with van der Waals surface area (Å²) in [6.45, 7) is 5.02. The summed E-state index contributed by atoms with van der Waals surface area (Å²) in [5, 5.41) is 12.0. The van der Waals surface area contributed by atoms with Crippen LogP contribution in [-0.2, 0) is 11.3 Å². The van der Waals surface area contributed by atoms with Gasteiger partial charge in [-0.3, -0.25) is 14.4 Å². The van der Waals surface area contributed by atoms with Gasteiger partial charge in [-0.1, -0.05) is 13.8 Å². The number of amides is 1. The second-order valence-corrected chi connectivity index (χ2v) is 7.98. The van der Waals surface area contributed by atoms with Crippen LogP contribution in [0.5, 0.6) is 0 Å². The van der Waals surface area contributed by atoms with E-state index in [0.29, 0.717) is 28.0 Å². The van der Waals surface area contributed by atoms with E-state index in [4.69, 9.17) is 0 Å². The molecule has 1 N–H and O–H groups in total. The predicted octanol–water partition coefficient (Wildman–Crippen LogP) is 3.69. The number of benzene rings is 2. The molecule has 0 radical (unpaired) electrons. The molecule has 4 aromatic rings. The fraction of sp³-hybridized carbons (Fsp3) is 0.208. The van der Waals surface area contributed by atoms with Crippen LogP contribution in [-0.4, -0.2) is 31.3 Å². The third kappa shape index (κ3) is 4.43. The minimum Gasteiger partial charge on any atom is -0.324 e. The Kier molecular flexibility index (Phi) is 5.87. The molecule has 0 atom stereocenters. The molecule has 0 fully saturated rings. The maximum Gasteiger partial charge on any atom is 0.293 e. The molecule has 4 rings (SSSR count). The summed E-state index contributed by atoms with van der Waals surface area (Å²) in [6, 6.07) is 12.1. The molecule has 0 aliphatic carbocycles. The zero-order valence-electron chi connectivity index (χ0n) is 18.4. The number of anilines is 1.